The number of nitrogens with zero attached hydrogens (tertiary/aromatic N) is 1. The molecule has 2 N–H and O–H groups in total. The second kappa shape index (κ2) is 6.78. The lowest BCUT2D eigenvalue weighted by Gasteiger charge is -2.07. The molecule has 18 heavy (non-hydrogen) atoms. The minimum absolute atomic E-state index is 0.0398. The maximum Gasteiger partial charge on any atom is 0.235 e. The van der Waals surface area contributed by atoms with Gasteiger partial charge in [0.15, 0.2) is 0 Å². The largest absolute Gasteiger partial charge is 0.395 e. The number of thioether (sulfide) groups is 1. The molecule has 0 radical (unpaired) electrons. The zero-order valence-corrected chi connectivity index (χ0v) is 12.2. The highest BCUT2D eigenvalue weighted by molar-refractivity contribution is 8.00. The molecule has 1 aromatic rings. The van der Waals surface area contributed by atoms with Gasteiger partial charge in [-0.3, -0.25) is 4.79 Å². The number of hydrogen-bond donors (Lipinski definition) is 2. The van der Waals surface area contributed by atoms with Crippen molar-refractivity contribution in [2.24, 2.45) is 0 Å². The van der Waals surface area contributed by atoms with Crippen molar-refractivity contribution in [3.8, 4) is 6.07 Å². The van der Waals surface area contributed by atoms with Gasteiger partial charge in [0, 0.05) is 10.1 Å². The van der Waals surface area contributed by atoms with E-state index in [4.69, 9.17) is 10.4 Å². The fourth-order valence-electron chi connectivity index (χ4n) is 1.28. The summed E-state index contributed by atoms with van der Waals surface area (Å²) >= 11 is 2.81. The first-order chi connectivity index (χ1) is 8.49. The summed E-state index contributed by atoms with van der Waals surface area (Å²) in [7, 11) is 0. The summed E-state index contributed by atoms with van der Waals surface area (Å²) in [6, 6.07) is 2.11. The number of nitriles is 1. The van der Waals surface area contributed by atoms with Crippen molar-refractivity contribution in [1.29, 1.82) is 5.26 Å². The van der Waals surface area contributed by atoms with Gasteiger partial charge in [0.1, 0.15) is 11.1 Å². The highest BCUT2D eigenvalue weighted by atomic mass is 32.2. The number of rotatable bonds is 5. The summed E-state index contributed by atoms with van der Waals surface area (Å²) in [6.07, 6.45) is 0. The molecule has 98 valence electrons. The first-order valence-corrected chi connectivity index (χ1v) is 7.38. The van der Waals surface area contributed by atoms with Crippen LogP contribution >= 0.6 is 23.1 Å². The second-order valence-corrected chi connectivity index (χ2v) is 6.60. The molecule has 1 rings (SSSR count). The van der Waals surface area contributed by atoms with Crippen LogP contribution in [-0.4, -0.2) is 28.6 Å². The number of nitrogens with one attached hydrogen (secondary N) is 1. The van der Waals surface area contributed by atoms with E-state index in [0.29, 0.717) is 10.6 Å². The Morgan fingerprint density at radius 2 is 2.28 bits per heavy atom. The standard InChI is InChI=1S/C12H16N2O2S2/c1-7(5-15)17-6-11(16)14-12-10(4-13)8(2)9(3)18-12/h7,15H,5-6H2,1-3H3,(H,14,16). The number of hydrogen-bond acceptors (Lipinski definition) is 5. The van der Waals surface area contributed by atoms with Gasteiger partial charge >= 0.3 is 0 Å². The summed E-state index contributed by atoms with van der Waals surface area (Å²) in [6.45, 7) is 5.72. The van der Waals surface area contributed by atoms with E-state index in [2.05, 4.69) is 11.4 Å². The normalized spacial score (nSPS) is 11.9. The van der Waals surface area contributed by atoms with Gasteiger partial charge in [-0.25, -0.2) is 0 Å². The Kier molecular flexibility index (Phi) is 5.66. The molecule has 4 nitrogen and oxygen atoms in total. The fourth-order valence-corrected chi connectivity index (χ4v) is 2.92. The van der Waals surface area contributed by atoms with Crippen LogP contribution in [0.25, 0.3) is 0 Å². The SMILES string of the molecule is Cc1sc(NC(=O)CSC(C)CO)c(C#N)c1C. The Balaban J connectivity index is 2.66. The summed E-state index contributed by atoms with van der Waals surface area (Å²) in [5, 5.41) is 21.3. The molecule has 1 heterocycles. The zero-order valence-electron chi connectivity index (χ0n) is 10.6. The van der Waals surface area contributed by atoms with E-state index in [-0.39, 0.29) is 23.5 Å². The molecule has 0 bridgehead atoms. The van der Waals surface area contributed by atoms with Gasteiger partial charge in [0.2, 0.25) is 5.91 Å². The predicted molar refractivity (Wildman–Crippen MR) is 76.1 cm³/mol. The third-order valence-corrected chi connectivity index (χ3v) is 4.78. The molecular formula is C12H16N2O2S2. The third-order valence-electron chi connectivity index (χ3n) is 2.51. The molecule has 0 aliphatic carbocycles. The van der Waals surface area contributed by atoms with E-state index in [0.717, 1.165) is 10.4 Å². The highest BCUT2D eigenvalue weighted by Crippen LogP contribution is 2.31. The maximum absolute atomic E-state index is 11.7. The Hall–Kier alpha value is -1.03. The lowest BCUT2D eigenvalue weighted by molar-refractivity contribution is -0.113. The Labute approximate surface area is 115 Å². The molecule has 0 aliphatic heterocycles. The molecule has 0 aromatic carbocycles. The van der Waals surface area contributed by atoms with Crippen molar-refractivity contribution >= 4 is 34.0 Å². The quantitative estimate of drug-likeness (QED) is 0.870. The van der Waals surface area contributed by atoms with Crippen molar-refractivity contribution in [3.05, 3.63) is 16.0 Å². The Bertz CT molecular complexity index is 477. The number of thiophene rings is 1. The molecule has 1 unspecified atom stereocenters. The van der Waals surface area contributed by atoms with Crippen molar-refractivity contribution < 1.29 is 9.90 Å². The van der Waals surface area contributed by atoms with Gasteiger partial charge in [-0.05, 0) is 19.4 Å². The number of carbonyl (C=O) groups excluding carboxylic acids is 1. The van der Waals surface area contributed by atoms with Crippen LogP contribution < -0.4 is 5.32 Å². The first-order valence-electron chi connectivity index (χ1n) is 5.52. The third kappa shape index (κ3) is 3.73. The summed E-state index contributed by atoms with van der Waals surface area (Å²) < 4.78 is 0. The van der Waals surface area contributed by atoms with Gasteiger partial charge in [0.25, 0.3) is 0 Å². The molecular weight excluding hydrogens is 268 g/mol. The molecule has 0 fully saturated rings. The van der Waals surface area contributed by atoms with E-state index in [1.165, 1.54) is 23.1 Å². The minimum Gasteiger partial charge on any atom is -0.395 e. The average Bonchev–Trinajstić information content (AvgIpc) is 2.61. The maximum atomic E-state index is 11.7. The smallest absolute Gasteiger partial charge is 0.235 e. The van der Waals surface area contributed by atoms with Gasteiger partial charge in [-0.15, -0.1) is 23.1 Å². The van der Waals surface area contributed by atoms with Gasteiger partial charge in [0.05, 0.1) is 17.9 Å². The first kappa shape index (κ1) is 15.0. The highest BCUT2D eigenvalue weighted by Gasteiger charge is 2.15. The molecule has 0 aliphatic rings. The number of aryl methyl sites for hydroxylation is 1. The van der Waals surface area contributed by atoms with Crippen molar-refractivity contribution in [3.63, 3.8) is 0 Å². The fraction of sp³-hybridized carbons (Fsp3) is 0.500. The number of carbonyl (C=O) groups is 1. The van der Waals surface area contributed by atoms with Crippen LogP contribution in [0.1, 0.15) is 22.9 Å². The van der Waals surface area contributed by atoms with Gasteiger partial charge < -0.3 is 10.4 Å². The van der Waals surface area contributed by atoms with Crippen LogP contribution in [0.2, 0.25) is 0 Å². The summed E-state index contributed by atoms with van der Waals surface area (Å²) in [5.41, 5.74) is 1.47. The van der Waals surface area contributed by atoms with Gasteiger partial charge in [-0.1, -0.05) is 6.92 Å². The molecule has 0 saturated heterocycles. The minimum atomic E-state index is -0.141. The van der Waals surface area contributed by atoms with Crippen LogP contribution in [0.15, 0.2) is 0 Å². The van der Waals surface area contributed by atoms with Crippen LogP contribution in [0, 0.1) is 25.2 Å². The van der Waals surface area contributed by atoms with Crippen LogP contribution in [0.5, 0.6) is 0 Å². The average molecular weight is 284 g/mol. The summed E-state index contributed by atoms with van der Waals surface area (Å²) in [5.74, 6) is 0.140. The number of aliphatic hydroxyl groups excluding tert-OH is 1. The molecule has 1 aromatic heterocycles. The molecule has 0 saturated carbocycles. The van der Waals surface area contributed by atoms with Gasteiger partial charge in [-0.2, -0.15) is 5.26 Å². The zero-order chi connectivity index (χ0) is 13.7. The molecule has 1 amide bonds. The van der Waals surface area contributed by atoms with E-state index in [9.17, 15) is 4.79 Å². The van der Waals surface area contributed by atoms with E-state index < -0.39 is 0 Å². The van der Waals surface area contributed by atoms with Crippen LogP contribution in [0.4, 0.5) is 5.00 Å². The summed E-state index contributed by atoms with van der Waals surface area (Å²) in [4.78, 5) is 12.7. The Morgan fingerprint density at radius 1 is 1.61 bits per heavy atom. The Morgan fingerprint density at radius 3 is 2.83 bits per heavy atom. The van der Waals surface area contributed by atoms with Crippen LogP contribution in [0.3, 0.4) is 0 Å². The molecule has 6 heteroatoms. The lowest BCUT2D eigenvalue weighted by atomic mass is 10.2. The van der Waals surface area contributed by atoms with Crippen LogP contribution in [-0.2, 0) is 4.79 Å². The van der Waals surface area contributed by atoms with E-state index in [1.807, 2.05) is 20.8 Å². The number of amides is 1. The van der Waals surface area contributed by atoms with Crippen molar-refractivity contribution in [1.82, 2.24) is 0 Å². The van der Waals surface area contributed by atoms with Crippen molar-refractivity contribution in [2.75, 3.05) is 17.7 Å². The predicted octanol–water partition coefficient (Wildman–Crippen LogP) is 2.29. The lowest BCUT2D eigenvalue weighted by Crippen LogP contribution is -2.16. The van der Waals surface area contributed by atoms with E-state index in [1.54, 1.807) is 0 Å². The number of aliphatic hydroxyl groups is 1. The van der Waals surface area contributed by atoms with Crippen molar-refractivity contribution in [2.45, 2.75) is 26.0 Å². The number of anilines is 1. The molecule has 1 atom stereocenters. The molecule has 0 spiro atoms. The topological polar surface area (TPSA) is 73.1 Å². The monoisotopic (exact) mass is 284 g/mol. The second-order valence-electron chi connectivity index (χ2n) is 3.95. The van der Waals surface area contributed by atoms with E-state index >= 15 is 0 Å².